The fourth-order valence-corrected chi connectivity index (χ4v) is 11.6. The predicted octanol–water partition coefficient (Wildman–Crippen LogP) is 6.99. The van der Waals surface area contributed by atoms with E-state index in [2.05, 4.69) is 70.3 Å². The second-order valence-corrected chi connectivity index (χ2v) is 20.0. The van der Waals surface area contributed by atoms with Crippen molar-refractivity contribution in [1.29, 1.82) is 0 Å². The fourth-order valence-electron chi connectivity index (χ4n) is 9.92. The zero-order chi connectivity index (χ0) is 37.5. The molecule has 5 aliphatic rings. The van der Waals surface area contributed by atoms with Gasteiger partial charge < -0.3 is 14.4 Å². The van der Waals surface area contributed by atoms with Crippen LogP contribution < -0.4 is 14.4 Å². The van der Waals surface area contributed by atoms with Gasteiger partial charge in [-0.1, -0.05) is 36.7 Å². The number of allylic oxidation sites excluding steroid dienone is 1. The smallest absolute Gasteiger partial charge is 0.262 e. The number of carbonyl (C=O) groups excluding carboxylic acids is 1. The molecule has 2 fully saturated rings. The van der Waals surface area contributed by atoms with Gasteiger partial charge in [0.15, 0.2) is 0 Å². The van der Waals surface area contributed by atoms with Crippen LogP contribution in [0.2, 0.25) is 5.02 Å². The van der Waals surface area contributed by atoms with E-state index < -0.39 is 15.3 Å². The van der Waals surface area contributed by atoms with Crippen LogP contribution in [-0.4, -0.2) is 102 Å². The summed E-state index contributed by atoms with van der Waals surface area (Å²) in [6, 6.07) is 12.6. The van der Waals surface area contributed by atoms with Crippen LogP contribution >= 0.6 is 11.6 Å². The van der Waals surface area contributed by atoms with E-state index in [4.69, 9.17) is 21.1 Å². The summed E-state index contributed by atoms with van der Waals surface area (Å²) in [5, 5.41) is 0.443. The molecule has 2 aromatic rings. The first-order chi connectivity index (χ1) is 25.3. The van der Waals surface area contributed by atoms with Crippen molar-refractivity contribution in [3.05, 3.63) is 70.3 Å². The first kappa shape index (κ1) is 38.7. The van der Waals surface area contributed by atoms with Crippen molar-refractivity contribution in [2.75, 3.05) is 64.4 Å². The maximum atomic E-state index is 14.1. The van der Waals surface area contributed by atoms with Gasteiger partial charge in [0.05, 0.1) is 22.0 Å². The van der Waals surface area contributed by atoms with Gasteiger partial charge in [-0.25, -0.2) is 4.21 Å². The molecule has 7 atom stereocenters. The minimum Gasteiger partial charge on any atom is -0.490 e. The summed E-state index contributed by atoms with van der Waals surface area (Å²) >= 11 is 6.53. The molecule has 290 valence electrons. The number of nitrogens with zero attached hydrogens (tertiary/aromatic N) is 3. The molecule has 8 nitrogen and oxygen atoms in total. The van der Waals surface area contributed by atoms with E-state index in [1.807, 2.05) is 32.2 Å². The summed E-state index contributed by atoms with van der Waals surface area (Å²) in [6.07, 6.45) is 11.8. The standard InChI is InChI=1S/C43H61ClN4O4S/c1-30(2)47-21-9-20-46(22-23-47)28-43(51-5)19-7-10-31(3)32(4)53(6,50)45-41(49)34-13-17-40-39(25-34)48(26-35-12-15-38(35)43)27-42(29-52-40)18-8-11-33-24-36(44)14-16-37(33)42/h7,13-14,16-17,19,24-25,30-32,35,38H,6,8-12,15,18,20-23,26-29H2,1-5H3,(H,45,49,50)/b19-7+/t31-,32+,35-,38+,42-,43+,53?/m0/s1. The van der Waals surface area contributed by atoms with Gasteiger partial charge in [0.1, 0.15) is 11.4 Å². The molecule has 1 saturated heterocycles. The lowest BCUT2D eigenvalue weighted by atomic mass is 9.63. The number of halogens is 1. The third-order valence-electron chi connectivity index (χ3n) is 13.6. The van der Waals surface area contributed by atoms with Crippen molar-refractivity contribution >= 4 is 38.8 Å². The Balaban J connectivity index is 1.29. The van der Waals surface area contributed by atoms with Crippen molar-refractivity contribution in [2.45, 2.75) is 94.9 Å². The molecule has 2 aliphatic carbocycles. The highest BCUT2D eigenvalue weighted by atomic mass is 35.5. The van der Waals surface area contributed by atoms with E-state index in [-0.39, 0.29) is 22.5 Å². The Morgan fingerprint density at radius 2 is 1.92 bits per heavy atom. The van der Waals surface area contributed by atoms with Crippen LogP contribution in [0.25, 0.3) is 0 Å². The molecule has 1 saturated carbocycles. The topological polar surface area (TPSA) is 74.4 Å². The van der Waals surface area contributed by atoms with Gasteiger partial charge in [0, 0.05) is 67.1 Å². The Kier molecular flexibility index (Phi) is 11.3. The highest BCUT2D eigenvalue weighted by Crippen LogP contribution is 2.49. The lowest BCUT2D eigenvalue weighted by Gasteiger charge is -2.51. The number of ether oxygens (including phenoxy) is 2. The van der Waals surface area contributed by atoms with E-state index in [1.54, 1.807) is 6.07 Å². The molecule has 2 bridgehead atoms. The summed E-state index contributed by atoms with van der Waals surface area (Å²) in [7, 11) is -1.05. The van der Waals surface area contributed by atoms with Gasteiger partial charge in [-0.3, -0.25) is 19.3 Å². The molecule has 0 radical (unpaired) electrons. The quantitative estimate of drug-likeness (QED) is 0.266. The molecule has 10 heteroatoms. The van der Waals surface area contributed by atoms with Crippen LogP contribution in [0.5, 0.6) is 5.75 Å². The highest BCUT2D eigenvalue weighted by molar-refractivity contribution is 7.99. The van der Waals surface area contributed by atoms with E-state index in [1.165, 1.54) is 11.1 Å². The van der Waals surface area contributed by atoms with Gasteiger partial charge in [0.25, 0.3) is 5.91 Å². The van der Waals surface area contributed by atoms with Gasteiger partial charge in [-0.2, -0.15) is 0 Å². The molecule has 3 heterocycles. The second kappa shape index (κ2) is 15.5. The Morgan fingerprint density at radius 3 is 2.68 bits per heavy atom. The van der Waals surface area contributed by atoms with Crippen LogP contribution in [0.4, 0.5) is 5.69 Å². The summed E-state index contributed by atoms with van der Waals surface area (Å²) in [5.74, 6) is 5.25. The fraction of sp³-hybridized carbons (Fsp3) is 0.628. The van der Waals surface area contributed by atoms with Crippen molar-refractivity contribution in [3.63, 3.8) is 0 Å². The van der Waals surface area contributed by atoms with Crippen molar-refractivity contribution in [3.8, 4) is 5.75 Å². The predicted molar refractivity (Wildman–Crippen MR) is 219 cm³/mol. The molecule has 7 rings (SSSR count). The number of hydrogen-bond acceptors (Lipinski definition) is 7. The summed E-state index contributed by atoms with van der Waals surface area (Å²) in [5.41, 5.74) is 3.33. The van der Waals surface area contributed by atoms with E-state index >= 15 is 0 Å². The Morgan fingerprint density at radius 1 is 1.09 bits per heavy atom. The van der Waals surface area contributed by atoms with Crippen LogP contribution in [0, 0.1) is 17.8 Å². The normalized spacial score (nSPS) is 34.9. The largest absolute Gasteiger partial charge is 0.490 e. The van der Waals surface area contributed by atoms with Crippen LogP contribution in [-0.2, 0) is 26.3 Å². The number of aryl methyl sites for hydroxylation is 1. The van der Waals surface area contributed by atoms with Crippen molar-refractivity contribution < 1.29 is 18.5 Å². The molecular weight excluding hydrogens is 704 g/mol. The lowest BCUT2D eigenvalue weighted by Crippen LogP contribution is -2.57. The molecule has 53 heavy (non-hydrogen) atoms. The van der Waals surface area contributed by atoms with E-state index in [0.717, 1.165) is 107 Å². The summed E-state index contributed by atoms with van der Waals surface area (Å²) in [6.45, 7) is 15.9. The average Bonchev–Trinajstić information content (AvgIpc) is 3.44. The minimum absolute atomic E-state index is 0.0364. The number of carbonyl (C=O) groups is 1. The van der Waals surface area contributed by atoms with E-state index in [9.17, 15) is 9.00 Å². The monoisotopic (exact) mass is 764 g/mol. The Labute approximate surface area is 323 Å². The minimum atomic E-state index is -2.95. The number of benzene rings is 2. The molecule has 1 N–H and O–H groups in total. The number of rotatable bonds is 4. The summed E-state index contributed by atoms with van der Waals surface area (Å²) in [4.78, 5) is 21.6. The second-order valence-electron chi connectivity index (χ2n) is 17.1. The number of fused-ring (bicyclic) bond motifs is 4. The van der Waals surface area contributed by atoms with Crippen LogP contribution in [0.1, 0.15) is 87.7 Å². The molecule has 1 unspecified atom stereocenters. The molecule has 0 aromatic heterocycles. The number of amides is 1. The third-order valence-corrected chi connectivity index (χ3v) is 16.0. The zero-order valence-electron chi connectivity index (χ0n) is 32.6. The molecule has 3 aliphatic heterocycles. The van der Waals surface area contributed by atoms with Crippen LogP contribution in [0.15, 0.2) is 48.6 Å². The van der Waals surface area contributed by atoms with Gasteiger partial charge in [-0.15, -0.1) is 0 Å². The summed E-state index contributed by atoms with van der Waals surface area (Å²) < 4.78 is 30.5. The molecule has 1 amide bonds. The van der Waals surface area contributed by atoms with Crippen molar-refractivity contribution in [2.24, 2.45) is 17.8 Å². The maximum Gasteiger partial charge on any atom is 0.262 e. The first-order valence-electron chi connectivity index (χ1n) is 20.0. The van der Waals surface area contributed by atoms with E-state index in [0.29, 0.717) is 30.0 Å². The Hall–Kier alpha value is -2.56. The number of nitrogens with one attached hydrogen (secondary N) is 1. The molecule has 1 spiro atoms. The lowest BCUT2D eigenvalue weighted by molar-refractivity contribution is -0.0911. The van der Waals surface area contributed by atoms with Gasteiger partial charge in [0.2, 0.25) is 0 Å². The maximum absolute atomic E-state index is 14.1. The number of methoxy groups -OCH3 is 1. The van der Waals surface area contributed by atoms with Crippen molar-refractivity contribution in [1.82, 2.24) is 14.5 Å². The van der Waals surface area contributed by atoms with Gasteiger partial charge >= 0.3 is 0 Å². The average molecular weight is 766 g/mol. The number of hydrogen-bond donors (Lipinski definition) is 1. The third kappa shape index (κ3) is 7.80. The SMILES string of the molecule is C=S1(=O)NC(=O)c2ccc3c(c2)N(C[C@@H]2CC[C@H]2[C@@](CN2CCCN(C(C)C)CC2)(OC)/C=C/C[C@H](C)[C@H]1C)C[C@@]1(CCCc2cc(Cl)ccc21)CO3. The first-order valence-corrected chi connectivity index (χ1v) is 22.2. The van der Waals surface area contributed by atoms with Crippen LogP contribution in [0.3, 0.4) is 0 Å². The number of anilines is 1. The van der Waals surface area contributed by atoms with Gasteiger partial charge in [-0.05, 0) is 144 Å². The highest BCUT2D eigenvalue weighted by Gasteiger charge is 2.50. The Bertz CT molecular complexity index is 1800. The zero-order valence-corrected chi connectivity index (χ0v) is 34.2. The molecule has 2 aromatic carbocycles. The molecular formula is C43H61ClN4O4S.